The van der Waals surface area contributed by atoms with Gasteiger partial charge in [0.05, 0.1) is 6.08 Å². The Bertz CT molecular complexity index is 689. The van der Waals surface area contributed by atoms with Crippen LogP contribution in [-0.4, -0.2) is 41.8 Å². The van der Waals surface area contributed by atoms with Crippen molar-refractivity contribution in [2.75, 3.05) is 0 Å². The smallest absolute Gasteiger partial charge is 0.258 e. The molecule has 1 aliphatic rings. The molecule has 0 saturated heterocycles. The molecule has 14 heteroatoms. The molecule has 0 saturated carbocycles. The van der Waals surface area contributed by atoms with Crippen LogP contribution in [-0.2, 0) is 0 Å². The molecule has 0 fully saturated rings. The van der Waals surface area contributed by atoms with Crippen molar-refractivity contribution in [1.29, 1.82) is 0 Å². The second-order valence-corrected chi connectivity index (χ2v) is 5.78. The van der Waals surface area contributed by atoms with Gasteiger partial charge in [0, 0.05) is 0 Å². The van der Waals surface area contributed by atoms with Gasteiger partial charge < -0.3 is 0 Å². The monoisotopic (exact) mass is 408 g/mol. The van der Waals surface area contributed by atoms with E-state index in [0.29, 0.717) is 12.2 Å². The first-order chi connectivity index (χ1) is 12.1. The van der Waals surface area contributed by atoms with E-state index in [9.17, 15) is 40.5 Å². The van der Waals surface area contributed by atoms with Gasteiger partial charge in [0.1, 0.15) is 19.7 Å². The lowest BCUT2D eigenvalue weighted by Crippen LogP contribution is -2.71. The Hall–Kier alpha value is -2.86. The number of alkyl halides is 2. The Morgan fingerprint density at radius 3 is 1.31 bits per heavy atom. The minimum atomic E-state index is -3.50. The zero-order valence-corrected chi connectivity index (χ0v) is 14.1. The molecule has 0 heterocycles. The number of hydrogen-bond acceptors (Lipinski definition) is 8. The van der Waals surface area contributed by atoms with E-state index in [-0.39, 0.29) is 0 Å². The van der Waals surface area contributed by atoms with Crippen molar-refractivity contribution in [3.63, 3.8) is 0 Å². The molecule has 0 aliphatic heterocycles. The van der Waals surface area contributed by atoms with Gasteiger partial charge in [-0.1, -0.05) is 48.0 Å². The van der Waals surface area contributed by atoms with Crippen LogP contribution in [0.4, 0.5) is 0 Å². The van der Waals surface area contributed by atoms with Crippen molar-refractivity contribution in [3.8, 4) is 0 Å². The molecule has 1 aromatic rings. The lowest BCUT2D eigenvalue weighted by atomic mass is 9.86. The summed E-state index contributed by atoms with van der Waals surface area (Å²) in [5.41, 5.74) is -6.93. The Kier molecular flexibility index (Phi) is 6.53. The molecule has 0 N–H and O–H groups in total. The van der Waals surface area contributed by atoms with Crippen LogP contribution < -0.4 is 0 Å². The van der Waals surface area contributed by atoms with E-state index >= 15 is 0 Å². The Morgan fingerprint density at radius 2 is 1.04 bits per heavy atom. The fraction of sp³-hybridized carbons (Fsp3) is 0.333. The molecule has 2 atom stereocenters. The summed E-state index contributed by atoms with van der Waals surface area (Å²) in [5, 5.41) is 39.1. The number of rotatable bonds is 4. The summed E-state index contributed by atoms with van der Waals surface area (Å²) >= 11 is 10.9. The molecular weight excluding hydrogens is 399 g/mol. The molecule has 0 aromatic heterocycles. The van der Waals surface area contributed by atoms with Crippen LogP contribution in [0.15, 0.2) is 48.6 Å². The largest absolute Gasteiger partial charge is 0.508 e. The summed E-state index contributed by atoms with van der Waals surface area (Å²) in [7, 11) is 0. The first-order valence-corrected chi connectivity index (χ1v) is 7.49. The second kappa shape index (κ2) is 8.01. The van der Waals surface area contributed by atoms with Gasteiger partial charge in [0.25, 0.3) is 0 Å². The molecule has 0 amide bonds. The van der Waals surface area contributed by atoms with Gasteiger partial charge in [0.15, 0.2) is 5.38 Å². The van der Waals surface area contributed by atoms with E-state index in [2.05, 4.69) is 0 Å². The van der Waals surface area contributed by atoms with E-state index in [4.69, 9.17) is 23.2 Å². The summed E-state index contributed by atoms with van der Waals surface area (Å²) in [4.78, 5) is 37.6. The maximum Gasteiger partial charge on any atom is 0.508 e. The topological polar surface area (TPSA) is 173 Å². The van der Waals surface area contributed by atoms with Gasteiger partial charge in [-0.15, -0.1) is 11.6 Å². The molecule has 2 rings (SSSR count). The highest BCUT2D eigenvalue weighted by Gasteiger charge is 2.84. The van der Waals surface area contributed by atoms with Crippen LogP contribution >= 0.6 is 23.2 Å². The number of benzene rings is 1. The zero-order chi connectivity index (χ0) is 20.1. The standard InChI is InChI=1S/C6H4Cl2N4O8.C6H6/c7-3-1-2-5(9(13)14,10(15)16)4(8)6(3,11(17)18)12(19)20;1-2-4-6-5-3-1/h1-4H;1-6H. The minimum Gasteiger partial charge on any atom is -0.258 e. The van der Waals surface area contributed by atoms with Crippen LogP contribution in [0.3, 0.4) is 0 Å². The predicted molar refractivity (Wildman–Crippen MR) is 88.3 cm³/mol. The third kappa shape index (κ3) is 3.28. The molecular formula is C12H10Cl2N4O8. The fourth-order valence-corrected chi connectivity index (χ4v) is 3.07. The van der Waals surface area contributed by atoms with E-state index < -0.39 is 41.8 Å². The molecule has 140 valence electrons. The molecule has 0 spiro atoms. The highest BCUT2D eigenvalue weighted by molar-refractivity contribution is 6.26. The Labute approximate surface area is 154 Å². The van der Waals surface area contributed by atoms with Crippen molar-refractivity contribution in [1.82, 2.24) is 0 Å². The normalized spacial score (nSPS) is 22.4. The molecule has 2 unspecified atom stereocenters. The third-order valence-electron chi connectivity index (χ3n) is 3.50. The van der Waals surface area contributed by atoms with Gasteiger partial charge in [-0.05, 0) is 6.08 Å². The fourth-order valence-electron chi connectivity index (χ4n) is 2.12. The van der Waals surface area contributed by atoms with Gasteiger partial charge in [-0.2, -0.15) is 0 Å². The highest BCUT2D eigenvalue weighted by atomic mass is 35.5. The average Bonchev–Trinajstić information content (AvgIpc) is 2.56. The molecule has 26 heavy (non-hydrogen) atoms. The maximum atomic E-state index is 11.0. The summed E-state index contributed by atoms with van der Waals surface area (Å²) in [5.74, 6) is 0. The number of nitro groups is 4. The molecule has 0 radical (unpaired) electrons. The SMILES string of the molecule is O=[N+]([O-])C1([N+](=O)[O-])C=CC(Cl)C([N+](=O)[O-])([N+](=O)[O-])C1Cl.c1ccccc1. The average molecular weight is 409 g/mol. The van der Waals surface area contributed by atoms with Gasteiger partial charge in [-0.3, -0.25) is 40.5 Å². The number of halogens is 2. The van der Waals surface area contributed by atoms with Crippen molar-refractivity contribution in [3.05, 3.63) is 89.0 Å². The van der Waals surface area contributed by atoms with Crippen LogP contribution in [0.1, 0.15) is 0 Å². The van der Waals surface area contributed by atoms with Crippen molar-refractivity contribution < 1.29 is 19.7 Å². The van der Waals surface area contributed by atoms with Crippen LogP contribution in [0.25, 0.3) is 0 Å². The van der Waals surface area contributed by atoms with Gasteiger partial charge in [0.2, 0.25) is 0 Å². The maximum absolute atomic E-state index is 11.0. The van der Waals surface area contributed by atoms with Crippen LogP contribution in [0.5, 0.6) is 0 Å². The summed E-state index contributed by atoms with van der Waals surface area (Å²) < 4.78 is 0. The molecule has 1 aliphatic carbocycles. The molecule has 0 bridgehead atoms. The molecule has 1 aromatic carbocycles. The van der Waals surface area contributed by atoms with Crippen molar-refractivity contribution in [2.24, 2.45) is 0 Å². The van der Waals surface area contributed by atoms with E-state index in [1.54, 1.807) is 0 Å². The lowest BCUT2D eigenvalue weighted by molar-refractivity contribution is -0.837. The van der Waals surface area contributed by atoms with Gasteiger partial charge >= 0.3 is 16.7 Å². The minimum absolute atomic E-state index is 0.313. The Morgan fingerprint density at radius 1 is 0.692 bits per heavy atom. The quantitative estimate of drug-likeness (QED) is 0.238. The number of hydrogen-bond donors (Lipinski definition) is 0. The van der Waals surface area contributed by atoms with E-state index in [0.717, 1.165) is 0 Å². The van der Waals surface area contributed by atoms with Gasteiger partial charge in [-0.25, -0.2) is 0 Å². The predicted octanol–water partition coefficient (Wildman–Crippen LogP) is 1.96. The van der Waals surface area contributed by atoms with Crippen molar-refractivity contribution >= 4 is 23.2 Å². The van der Waals surface area contributed by atoms with Crippen LogP contribution in [0.2, 0.25) is 0 Å². The van der Waals surface area contributed by atoms with Crippen LogP contribution in [0, 0.1) is 40.5 Å². The first-order valence-electron chi connectivity index (χ1n) is 6.61. The lowest BCUT2D eigenvalue weighted by Gasteiger charge is -2.29. The molecule has 12 nitrogen and oxygen atoms in total. The third-order valence-corrected chi connectivity index (χ3v) is 4.61. The first kappa shape index (κ1) is 21.2. The Balaban J connectivity index is 0.000000472. The number of nitrogens with zero attached hydrogens (tertiary/aromatic N) is 4. The second-order valence-electron chi connectivity index (χ2n) is 4.87. The van der Waals surface area contributed by atoms with Crippen molar-refractivity contribution in [2.45, 2.75) is 22.1 Å². The summed E-state index contributed by atoms with van der Waals surface area (Å²) in [6.07, 6.45) is 0.769. The summed E-state index contributed by atoms with van der Waals surface area (Å²) in [6.45, 7) is 0. The summed E-state index contributed by atoms with van der Waals surface area (Å²) in [6, 6.07) is 12.0. The van der Waals surface area contributed by atoms with E-state index in [1.807, 2.05) is 36.4 Å². The highest BCUT2D eigenvalue weighted by Crippen LogP contribution is 2.42. The van der Waals surface area contributed by atoms with E-state index in [1.165, 1.54) is 0 Å². The zero-order valence-electron chi connectivity index (χ0n) is 12.6.